The Balaban J connectivity index is 1.25. The van der Waals surface area contributed by atoms with Gasteiger partial charge in [-0.05, 0) is 155 Å². The number of hydrogen-bond donors (Lipinski definition) is 1. The number of nitrogens with one attached hydrogen (secondary N) is 1. The summed E-state index contributed by atoms with van der Waals surface area (Å²) in [5, 5.41) is 4.34. The number of rotatable bonds is 8. The first-order valence-electron chi connectivity index (χ1n) is 15.3. The molecule has 3 aliphatic heterocycles. The zero-order chi connectivity index (χ0) is 28.1. The van der Waals surface area contributed by atoms with Crippen LogP contribution in [0.2, 0.25) is 10.0 Å². The standard InChI is InChI=1S/C33H46Cl2N4O/c1-24(40)36-21-25-3-11-38(12-4-25)22-26-15-27(17-30(16-26)31-18-32(34)20-33(35)19-31)23-39-13-7-29(8-14-39)28-5-9-37(2)10-6-28/h15-20,25,28-29H,3-14,21-23H2,1-2H3,(H,36,40). The normalized spacial score (nSPS) is 21.1. The molecule has 1 N–H and O–H groups in total. The van der Waals surface area contributed by atoms with Crippen LogP contribution in [0, 0.1) is 17.8 Å². The Morgan fingerprint density at radius 3 is 1.73 bits per heavy atom. The van der Waals surface area contributed by atoms with E-state index in [1.807, 2.05) is 12.1 Å². The van der Waals surface area contributed by atoms with Gasteiger partial charge in [-0.1, -0.05) is 29.3 Å². The number of nitrogens with zero attached hydrogens (tertiary/aromatic N) is 3. The van der Waals surface area contributed by atoms with Crippen molar-refractivity contribution in [3.8, 4) is 11.1 Å². The van der Waals surface area contributed by atoms with E-state index in [4.69, 9.17) is 23.2 Å². The molecule has 0 spiro atoms. The first-order valence-corrected chi connectivity index (χ1v) is 16.0. The number of carbonyl (C=O) groups excluding carboxylic acids is 1. The third-order valence-corrected chi connectivity index (χ3v) is 9.91. The summed E-state index contributed by atoms with van der Waals surface area (Å²) < 4.78 is 0. The monoisotopic (exact) mass is 584 g/mol. The minimum absolute atomic E-state index is 0.0685. The number of carbonyl (C=O) groups is 1. The van der Waals surface area contributed by atoms with Gasteiger partial charge in [-0.15, -0.1) is 0 Å². The fraction of sp³-hybridized carbons (Fsp3) is 0.606. The molecular weight excluding hydrogens is 539 g/mol. The van der Waals surface area contributed by atoms with Crippen LogP contribution in [-0.2, 0) is 17.9 Å². The van der Waals surface area contributed by atoms with Gasteiger partial charge in [0, 0.05) is 36.6 Å². The largest absolute Gasteiger partial charge is 0.356 e. The second-order valence-electron chi connectivity index (χ2n) is 12.6. The van der Waals surface area contributed by atoms with Crippen molar-refractivity contribution < 1.29 is 4.79 Å². The molecule has 0 aromatic heterocycles. The SMILES string of the molecule is CC(=O)NCC1CCN(Cc2cc(CN3CCC(C4CCN(C)CC4)CC3)cc(-c3cc(Cl)cc(Cl)c3)c2)CC1. The molecule has 5 rings (SSSR count). The van der Waals surface area contributed by atoms with Crippen LogP contribution in [0.25, 0.3) is 11.1 Å². The summed E-state index contributed by atoms with van der Waals surface area (Å²) in [5.74, 6) is 2.46. The highest BCUT2D eigenvalue weighted by molar-refractivity contribution is 6.35. The third kappa shape index (κ3) is 8.45. The Kier molecular flexibility index (Phi) is 10.5. The number of halogens is 2. The smallest absolute Gasteiger partial charge is 0.216 e. The molecule has 0 unspecified atom stereocenters. The minimum Gasteiger partial charge on any atom is -0.356 e. The van der Waals surface area contributed by atoms with Gasteiger partial charge >= 0.3 is 0 Å². The fourth-order valence-electron chi connectivity index (χ4n) is 7.07. The molecule has 2 aromatic carbocycles. The van der Waals surface area contributed by atoms with E-state index < -0.39 is 0 Å². The summed E-state index contributed by atoms with van der Waals surface area (Å²) in [6, 6.07) is 12.9. The van der Waals surface area contributed by atoms with E-state index >= 15 is 0 Å². The van der Waals surface area contributed by atoms with Crippen molar-refractivity contribution in [1.82, 2.24) is 20.0 Å². The van der Waals surface area contributed by atoms with Crippen molar-refractivity contribution in [2.24, 2.45) is 17.8 Å². The number of hydrogen-bond acceptors (Lipinski definition) is 4. The molecule has 0 atom stereocenters. The number of piperidine rings is 3. The van der Waals surface area contributed by atoms with Gasteiger partial charge in [-0.25, -0.2) is 0 Å². The maximum Gasteiger partial charge on any atom is 0.216 e. The molecule has 218 valence electrons. The molecule has 2 aromatic rings. The van der Waals surface area contributed by atoms with Gasteiger partial charge in [-0.2, -0.15) is 0 Å². The molecule has 0 saturated carbocycles. The van der Waals surface area contributed by atoms with Crippen LogP contribution in [0.4, 0.5) is 0 Å². The summed E-state index contributed by atoms with van der Waals surface area (Å²) in [4.78, 5) is 19.0. The molecule has 1 amide bonds. The lowest BCUT2D eigenvalue weighted by atomic mass is 9.79. The van der Waals surface area contributed by atoms with Crippen LogP contribution in [-0.4, -0.2) is 73.5 Å². The van der Waals surface area contributed by atoms with E-state index in [0.717, 1.165) is 63.0 Å². The number of benzene rings is 2. The Morgan fingerprint density at radius 1 is 0.725 bits per heavy atom. The van der Waals surface area contributed by atoms with Gasteiger partial charge in [0.25, 0.3) is 0 Å². The van der Waals surface area contributed by atoms with Crippen molar-refractivity contribution >= 4 is 29.1 Å². The summed E-state index contributed by atoms with van der Waals surface area (Å²) in [6.07, 6.45) is 7.67. The Morgan fingerprint density at radius 2 is 1.20 bits per heavy atom. The number of likely N-dealkylation sites (tertiary alicyclic amines) is 3. The van der Waals surface area contributed by atoms with Crippen molar-refractivity contribution in [3.63, 3.8) is 0 Å². The van der Waals surface area contributed by atoms with E-state index in [1.54, 1.807) is 13.0 Å². The molecule has 3 saturated heterocycles. The summed E-state index contributed by atoms with van der Waals surface area (Å²) >= 11 is 12.8. The lowest BCUT2D eigenvalue weighted by Crippen LogP contribution is -2.39. The lowest BCUT2D eigenvalue weighted by molar-refractivity contribution is -0.119. The maximum absolute atomic E-state index is 11.3. The first kappa shape index (κ1) is 29.8. The summed E-state index contributed by atoms with van der Waals surface area (Å²) in [7, 11) is 2.26. The van der Waals surface area contributed by atoms with Crippen LogP contribution in [0.1, 0.15) is 56.6 Å². The van der Waals surface area contributed by atoms with Crippen molar-refractivity contribution in [3.05, 3.63) is 57.6 Å². The zero-order valence-electron chi connectivity index (χ0n) is 24.3. The van der Waals surface area contributed by atoms with Gasteiger partial charge in [0.2, 0.25) is 5.91 Å². The quantitative estimate of drug-likeness (QED) is 0.381. The van der Waals surface area contributed by atoms with E-state index in [2.05, 4.69) is 45.3 Å². The van der Waals surface area contributed by atoms with Gasteiger partial charge in [0.05, 0.1) is 0 Å². The van der Waals surface area contributed by atoms with E-state index in [0.29, 0.717) is 16.0 Å². The average molecular weight is 586 g/mol. The average Bonchev–Trinajstić information content (AvgIpc) is 2.93. The molecule has 5 nitrogen and oxygen atoms in total. The predicted octanol–water partition coefficient (Wildman–Crippen LogP) is 6.56. The second-order valence-corrected chi connectivity index (χ2v) is 13.5. The Hall–Kier alpha value is -1.63. The van der Waals surface area contributed by atoms with Gasteiger partial charge < -0.3 is 10.2 Å². The van der Waals surface area contributed by atoms with Gasteiger partial charge in [0.1, 0.15) is 0 Å². The Labute approximate surface area is 251 Å². The van der Waals surface area contributed by atoms with Crippen LogP contribution in [0.15, 0.2) is 36.4 Å². The van der Waals surface area contributed by atoms with Crippen LogP contribution in [0.5, 0.6) is 0 Å². The van der Waals surface area contributed by atoms with E-state index in [1.165, 1.54) is 68.6 Å². The highest BCUT2D eigenvalue weighted by Crippen LogP contribution is 2.34. The molecule has 0 radical (unpaired) electrons. The predicted molar refractivity (Wildman–Crippen MR) is 167 cm³/mol. The van der Waals surface area contributed by atoms with Crippen LogP contribution >= 0.6 is 23.2 Å². The van der Waals surface area contributed by atoms with Gasteiger partial charge in [0.15, 0.2) is 0 Å². The van der Waals surface area contributed by atoms with Crippen molar-refractivity contribution in [2.75, 3.05) is 52.9 Å². The second kappa shape index (κ2) is 14.0. The maximum atomic E-state index is 11.3. The molecule has 40 heavy (non-hydrogen) atoms. The van der Waals surface area contributed by atoms with E-state index in [-0.39, 0.29) is 5.91 Å². The fourth-order valence-corrected chi connectivity index (χ4v) is 7.59. The van der Waals surface area contributed by atoms with Crippen molar-refractivity contribution in [2.45, 2.75) is 58.5 Å². The lowest BCUT2D eigenvalue weighted by Gasteiger charge is -2.39. The highest BCUT2D eigenvalue weighted by atomic mass is 35.5. The van der Waals surface area contributed by atoms with Crippen LogP contribution in [0.3, 0.4) is 0 Å². The topological polar surface area (TPSA) is 38.8 Å². The van der Waals surface area contributed by atoms with E-state index in [9.17, 15) is 4.79 Å². The molecule has 0 bridgehead atoms. The van der Waals surface area contributed by atoms with Crippen LogP contribution < -0.4 is 5.32 Å². The summed E-state index contributed by atoms with van der Waals surface area (Å²) in [5.41, 5.74) is 5.00. The molecular formula is C33H46Cl2N4O. The molecule has 3 heterocycles. The molecule has 3 fully saturated rings. The van der Waals surface area contributed by atoms with Gasteiger partial charge in [-0.3, -0.25) is 14.6 Å². The summed E-state index contributed by atoms with van der Waals surface area (Å²) in [6.45, 7) is 11.4. The molecule has 7 heteroatoms. The molecule has 3 aliphatic rings. The minimum atomic E-state index is 0.0685. The first-order chi connectivity index (χ1) is 19.3. The highest BCUT2D eigenvalue weighted by Gasteiger charge is 2.29. The third-order valence-electron chi connectivity index (χ3n) is 9.47. The Bertz CT molecular complexity index is 1110. The van der Waals surface area contributed by atoms with Crippen molar-refractivity contribution in [1.29, 1.82) is 0 Å². The number of amides is 1. The zero-order valence-corrected chi connectivity index (χ0v) is 25.8. The molecule has 0 aliphatic carbocycles.